The molecule has 4 amide bonds. The molecule has 1 heterocycles. The maximum Gasteiger partial charge on any atom is 0.269 e. The Morgan fingerprint density at radius 3 is 2.31 bits per heavy atom. The van der Waals surface area contributed by atoms with E-state index in [9.17, 15) is 29.3 Å². The van der Waals surface area contributed by atoms with E-state index in [1.54, 1.807) is 55.1 Å². The van der Waals surface area contributed by atoms with Gasteiger partial charge < -0.3 is 29.5 Å². The molecule has 1 aromatic rings. The molecular weight excluding hydrogens is 656 g/mol. The van der Waals surface area contributed by atoms with Crippen molar-refractivity contribution in [2.24, 2.45) is 11.8 Å². The standard InChI is InChI=1S/C37H60N6O8/c1-10-25(2)33(41(7)32(45)24-38-36(47)37(39(4)5)18-13-19-37)30(50-8)23-31(44)42-20-12-16-29(42)34(51-9)26(3)35(46)40(6)21-17-27-14-11-15-28(22-27)43(48)49/h11,14-15,22,25-26,29-30,33-34H,10,12-13,16-21,23-24H2,1-9H3,(H,38,47). The first-order valence-corrected chi connectivity index (χ1v) is 18.2. The summed E-state index contributed by atoms with van der Waals surface area (Å²) in [5, 5.41) is 14.0. The molecule has 0 bridgehead atoms. The van der Waals surface area contributed by atoms with Gasteiger partial charge in [0.1, 0.15) is 0 Å². The molecule has 1 saturated heterocycles. The highest BCUT2D eigenvalue weighted by molar-refractivity contribution is 5.91. The number of benzene rings is 1. The first kappa shape index (κ1) is 41.8. The fraction of sp³-hybridized carbons (Fsp3) is 0.730. The van der Waals surface area contributed by atoms with Crippen molar-refractivity contribution in [1.29, 1.82) is 0 Å². The molecule has 14 nitrogen and oxygen atoms in total. The largest absolute Gasteiger partial charge is 0.379 e. The van der Waals surface area contributed by atoms with Crippen LogP contribution in [0.3, 0.4) is 0 Å². The second kappa shape index (κ2) is 18.7. The number of ether oxygens (including phenoxy) is 2. The number of rotatable bonds is 19. The smallest absolute Gasteiger partial charge is 0.269 e. The van der Waals surface area contributed by atoms with Gasteiger partial charge in [-0.05, 0) is 64.1 Å². The van der Waals surface area contributed by atoms with Crippen molar-refractivity contribution in [1.82, 2.24) is 24.9 Å². The van der Waals surface area contributed by atoms with E-state index in [2.05, 4.69) is 5.32 Å². The van der Waals surface area contributed by atoms with Crippen LogP contribution >= 0.6 is 0 Å². The SMILES string of the molecule is CCC(C)C(C(CC(=O)N1CCCC1C(OC)C(C)C(=O)N(C)CCc1cccc([N+](=O)[O-])c1)OC)N(C)C(=O)CNC(=O)C1(N(C)C)CCC1. The molecule has 6 atom stereocenters. The number of non-ortho nitro benzene ring substituents is 1. The quantitative estimate of drug-likeness (QED) is 0.168. The van der Waals surface area contributed by atoms with Crippen LogP contribution in [-0.2, 0) is 35.1 Å². The summed E-state index contributed by atoms with van der Waals surface area (Å²) in [6.45, 7) is 6.61. The van der Waals surface area contributed by atoms with Crippen LogP contribution in [0.15, 0.2) is 24.3 Å². The molecule has 286 valence electrons. The van der Waals surface area contributed by atoms with Crippen LogP contribution in [0.1, 0.15) is 71.3 Å². The molecular formula is C37H60N6O8. The molecule has 1 aliphatic carbocycles. The highest BCUT2D eigenvalue weighted by Crippen LogP contribution is 2.36. The van der Waals surface area contributed by atoms with E-state index in [4.69, 9.17) is 9.47 Å². The summed E-state index contributed by atoms with van der Waals surface area (Å²) in [6, 6.07) is 5.65. The molecule has 1 saturated carbocycles. The molecule has 51 heavy (non-hydrogen) atoms. The van der Waals surface area contributed by atoms with E-state index in [0.717, 1.165) is 37.7 Å². The van der Waals surface area contributed by atoms with Gasteiger partial charge in [0.25, 0.3) is 5.69 Å². The van der Waals surface area contributed by atoms with Gasteiger partial charge in [-0.15, -0.1) is 0 Å². The Bertz CT molecular complexity index is 1370. The van der Waals surface area contributed by atoms with Crippen LogP contribution in [0.2, 0.25) is 0 Å². The Morgan fingerprint density at radius 2 is 1.76 bits per heavy atom. The van der Waals surface area contributed by atoms with E-state index in [-0.39, 0.29) is 54.2 Å². The Labute approximate surface area is 303 Å². The van der Waals surface area contributed by atoms with E-state index in [0.29, 0.717) is 25.9 Å². The fourth-order valence-electron chi connectivity index (χ4n) is 7.73. The number of nitro groups is 1. The van der Waals surface area contributed by atoms with Crippen molar-refractivity contribution in [3.8, 4) is 0 Å². The average molecular weight is 717 g/mol. The van der Waals surface area contributed by atoms with Crippen molar-refractivity contribution >= 4 is 29.3 Å². The van der Waals surface area contributed by atoms with Crippen molar-refractivity contribution < 1.29 is 33.6 Å². The number of likely N-dealkylation sites (N-methyl/N-ethyl adjacent to an activating group) is 3. The van der Waals surface area contributed by atoms with Crippen LogP contribution < -0.4 is 5.32 Å². The van der Waals surface area contributed by atoms with E-state index >= 15 is 0 Å². The van der Waals surface area contributed by atoms with Gasteiger partial charge in [0, 0.05) is 53.5 Å². The van der Waals surface area contributed by atoms with Crippen LogP contribution in [-0.4, -0.2) is 140 Å². The molecule has 0 spiro atoms. The summed E-state index contributed by atoms with van der Waals surface area (Å²) in [5.74, 6) is -1.22. The number of carbonyl (C=O) groups excluding carboxylic acids is 4. The number of hydrogen-bond acceptors (Lipinski definition) is 9. The van der Waals surface area contributed by atoms with E-state index in [1.807, 2.05) is 39.8 Å². The minimum Gasteiger partial charge on any atom is -0.379 e. The normalized spacial score (nSPS) is 19.7. The first-order valence-electron chi connectivity index (χ1n) is 18.2. The van der Waals surface area contributed by atoms with Crippen molar-refractivity contribution in [2.45, 2.75) is 102 Å². The summed E-state index contributed by atoms with van der Waals surface area (Å²) in [7, 11) is 10.3. The molecule has 2 fully saturated rings. The highest BCUT2D eigenvalue weighted by atomic mass is 16.6. The van der Waals surface area contributed by atoms with E-state index < -0.39 is 34.6 Å². The zero-order chi connectivity index (χ0) is 38.0. The predicted molar refractivity (Wildman–Crippen MR) is 194 cm³/mol. The highest BCUT2D eigenvalue weighted by Gasteiger charge is 2.46. The van der Waals surface area contributed by atoms with Gasteiger partial charge in [0.15, 0.2) is 0 Å². The summed E-state index contributed by atoms with van der Waals surface area (Å²) in [6.07, 6.45) is 4.02. The number of nitrogens with zero attached hydrogens (tertiary/aromatic N) is 5. The van der Waals surface area contributed by atoms with Gasteiger partial charge in [0.05, 0.1) is 53.6 Å². The first-order chi connectivity index (χ1) is 24.1. The van der Waals surface area contributed by atoms with Gasteiger partial charge in [-0.2, -0.15) is 0 Å². The summed E-state index contributed by atoms with van der Waals surface area (Å²) < 4.78 is 11.8. The van der Waals surface area contributed by atoms with Gasteiger partial charge in [-0.25, -0.2) is 0 Å². The number of carbonyl (C=O) groups is 4. The minimum atomic E-state index is -0.599. The van der Waals surface area contributed by atoms with Crippen molar-refractivity contribution in [3.05, 3.63) is 39.9 Å². The molecule has 14 heteroatoms. The van der Waals surface area contributed by atoms with Gasteiger partial charge in [-0.3, -0.25) is 34.2 Å². The topological polar surface area (TPSA) is 155 Å². The van der Waals surface area contributed by atoms with Crippen LogP contribution in [0.5, 0.6) is 0 Å². The lowest BCUT2D eigenvalue weighted by Gasteiger charge is -2.45. The van der Waals surface area contributed by atoms with Crippen molar-refractivity contribution in [2.75, 3.05) is 62.0 Å². The second-order valence-corrected chi connectivity index (χ2v) is 14.5. The third-order valence-electron chi connectivity index (χ3n) is 11.4. The Kier molecular flexibility index (Phi) is 15.4. The summed E-state index contributed by atoms with van der Waals surface area (Å²) in [4.78, 5) is 71.8. The average Bonchev–Trinajstić information content (AvgIpc) is 3.57. The molecule has 1 aromatic carbocycles. The zero-order valence-electron chi connectivity index (χ0n) is 32.1. The third-order valence-corrected chi connectivity index (χ3v) is 11.4. The maximum absolute atomic E-state index is 14.0. The van der Waals surface area contributed by atoms with Crippen LogP contribution in [0.25, 0.3) is 0 Å². The summed E-state index contributed by atoms with van der Waals surface area (Å²) >= 11 is 0. The van der Waals surface area contributed by atoms with Crippen molar-refractivity contribution in [3.63, 3.8) is 0 Å². The Hall–Kier alpha value is -3.62. The van der Waals surface area contributed by atoms with Crippen LogP contribution in [0, 0.1) is 22.0 Å². The summed E-state index contributed by atoms with van der Waals surface area (Å²) in [5.41, 5.74) is 0.197. The molecule has 6 unspecified atom stereocenters. The third kappa shape index (κ3) is 9.83. The lowest BCUT2D eigenvalue weighted by atomic mass is 9.75. The molecule has 0 aromatic heterocycles. The second-order valence-electron chi connectivity index (χ2n) is 14.5. The Balaban J connectivity index is 1.67. The fourth-order valence-corrected chi connectivity index (χ4v) is 7.73. The molecule has 0 radical (unpaired) electrons. The number of amides is 4. The zero-order valence-corrected chi connectivity index (χ0v) is 32.1. The monoisotopic (exact) mass is 716 g/mol. The van der Waals surface area contributed by atoms with Gasteiger partial charge in [0.2, 0.25) is 23.6 Å². The maximum atomic E-state index is 14.0. The number of likely N-dealkylation sites (tertiary alicyclic amines) is 1. The molecule has 3 rings (SSSR count). The molecule has 2 aliphatic rings. The van der Waals surface area contributed by atoms with E-state index in [1.165, 1.54) is 12.1 Å². The van der Waals surface area contributed by atoms with Gasteiger partial charge >= 0.3 is 0 Å². The molecule has 1 aliphatic heterocycles. The number of nitro benzene ring substituents is 1. The lowest BCUT2D eigenvalue weighted by molar-refractivity contribution is -0.384. The Morgan fingerprint density at radius 1 is 1.08 bits per heavy atom. The number of hydrogen-bond donors (Lipinski definition) is 1. The number of methoxy groups -OCH3 is 2. The van der Waals surface area contributed by atoms with Crippen LogP contribution in [0.4, 0.5) is 5.69 Å². The lowest BCUT2D eigenvalue weighted by Crippen LogP contribution is -2.61. The number of nitrogens with one attached hydrogen (secondary N) is 1. The predicted octanol–water partition coefficient (Wildman–Crippen LogP) is 3.12. The molecule has 1 N–H and O–H groups in total. The van der Waals surface area contributed by atoms with Gasteiger partial charge in [-0.1, -0.05) is 39.3 Å². The minimum absolute atomic E-state index is 0.00320.